The lowest BCUT2D eigenvalue weighted by atomic mass is 10.1. The number of rotatable bonds is 3. The average Bonchev–Trinajstić information content (AvgIpc) is 3.22. The SMILES string of the molecule is O=S(=O)(c1ccc(F)c(F)c1)n1ccc2c(N3CCNCC3)nc3ccccc3c21. The normalized spacial score (nSPS) is 15.2. The number of hydrogen-bond donors (Lipinski definition) is 1. The van der Waals surface area contributed by atoms with Gasteiger partial charge in [0.05, 0.1) is 15.9 Å². The van der Waals surface area contributed by atoms with Crippen LogP contribution in [0, 0.1) is 11.6 Å². The van der Waals surface area contributed by atoms with Gasteiger partial charge in [0, 0.05) is 43.1 Å². The molecule has 0 atom stereocenters. The van der Waals surface area contributed by atoms with Crippen LogP contribution in [0.1, 0.15) is 0 Å². The van der Waals surface area contributed by atoms with Gasteiger partial charge in [-0.25, -0.2) is 26.2 Å². The Kier molecular flexibility index (Phi) is 4.44. The molecule has 2 aromatic heterocycles. The Labute approximate surface area is 171 Å². The molecule has 0 bridgehead atoms. The molecule has 0 aliphatic carbocycles. The van der Waals surface area contributed by atoms with Crippen LogP contribution < -0.4 is 10.2 Å². The highest BCUT2D eigenvalue weighted by molar-refractivity contribution is 7.90. The van der Waals surface area contributed by atoms with Gasteiger partial charge in [-0.3, -0.25) is 0 Å². The third kappa shape index (κ3) is 2.93. The van der Waals surface area contributed by atoms with E-state index in [1.54, 1.807) is 6.07 Å². The zero-order valence-corrected chi connectivity index (χ0v) is 16.7. The number of benzene rings is 2. The first-order chi connectivity index (χ1) is 14.5. The number of hydrogen-bond acceptors (Lipinski definition) is 5. The molecule has 0 radical (unpaired) electrons. The molecule has 30 heavy (non-hydrogen) atoms. The number of pyridine rings is 1. The van der Waals surface area contributed by atoms with E-state index in [1.807, 2.05) is 24.3 Å². The van der Waals surface area contributed by atoms with Gasteiger partial charge in [-0.2, -0.15) is 0 Å². The van der Waals surface area contributed by atoms with Gasteiger partial charge < -0.3 is 10.2 Å². The maximum atomic E-state index is 13.8. The smallest absolute Gasteiger partial charge is 0.268 e. The van der Waals surface area contributed by atoms with Gasteiger partial charge in [-0.15, -0.1) is 0 Å². The number of nitrogens with zero attached hydrogens (tertiary/aromatic N) is 3. The van der Waals surface area contributed by atoms with Crippen LogP contribution in [0.2, 0.25) is 0 Å². The van der Waals surface area contributed by atoms with Crippen LogP contribution in [0.4, 0.5) is 14.6 Å². The maximum Gasteiger partial charge on any atom is 0.268 e. The number of nitrogens with one attached hydrogen (secondary N) is 1. The Hall–Kier alpha value is -3.04. The second kappa shape index (κ2) is 7.03. The molecule has 154 valence electrons. The van der Waals surface area contributed by atoms with Crippen molar-refractivity contribution in [3.63, 3.8) is 0 Å². The second-order valence-electron chi connectivity index (χ2n) is 7.14. The topological polar surface area (TPSA) is 67.2 Å². The van der Waals surface area contributed by atoms with E-state index in [0.717, 1.165) is 42.3 Å². The Bertz CT molecular complexity index is 1380. The highest BCUT2D eigenvalue weighted by Crippen LogP contribution is 2.34. The third-order valence-electron chi connectivity index (χ3n) is 5.34. The summed E-state index contributed by atoms with van der Waals surface area (Å²) in [5, 5.41) is 4.66. The molecule has 1 fully saturated rings. The Morgan fingerprint density at radius 2 is 1.70 bits per heavy atom. The Balaban J connectivity index is 1.79. The first-order valence-electron chi connectivity index (χ1n) is 9.53. The van der Waals surface area contributed by atoms with Crippen LogP contribution in [-0.4, -0.2) is 43.6 Å². The van der Waals surface area contributed by atoms with Gasteiger partial charge in [0.15, 0.2) is 11.6 Å². The molecule has 9 heteroatoms. The van der Waals surface area contributed by atoms with Gasteiger partial charge in [0.2, 0.25) is 0 Å². The Morgan fingerprint density at radius 3 is 2.47 bits per heavy atom. The van der Waals surface area contributed by atoms with Crippen molar-refractivity contribution in [3.8, 4) is 0 Å². The van der Waals surface area contributed by atoms with Gasteiger partial charge in [-0.05, 0) is 30.3 Å². The lowest BCUT2D eigenvalue weighted by Gasteiger charge is -2.29. The van der Waals surface area contributed by atoms with Crippen molar-refractivity contribution in [1.29, 1.82) is 0 Å². The fraction of sp³-hybridized carbons (Fsp3) is 0.190. The zero-order valence-electron chi connectivity index (χ0n) is 15.8. The van der Waals surface area contributed by atoms with E-state index < -0.39 is 21.7 Å². The maximum absolute atomic E-state index is 13.8. The lowest BCUT2D eigenvalue weighted by Crippen LogP contribution is -2.44. The number of aromatic nitrogens is 2. The summed E-state index contributed by atoms with van der Waals surface area (Å²) in [4.78, 5) is 6.61. The average molecular weight is 428 g/mol. The molecule has 4 aromatic rings. The molecule has 1 N–H and O–H groups in total. The molecule has 0 spiro atoms. The minimum atomic E-state index is -4.15. The fourth-order valence-electron chi connectivity index (χ4n) is 3.87. The first kappa shape index (κ1) is 19.0. The minimum Gasteiger partial charge on any atom is -0.353 e. The summed E-state index contributed by atoms with van der Waals surface area (Å²) < 4.78 is 54.9. The first-order valence-corrected chi connectivity index (χ1v) is 11.0. The van der Waals surface area contributed by atoms with Crippen molar-refractivity contribution in [2.45, 2.75) is 4.90 Å². The molecule has 1 aliphatic heterocycles. The number of piperazine rings is 1. The molecule has 3 heterocycles. The highest BCUT2D eigenvalue weighted by Gasteiger charge is 2.25. The fourth-order valence-corrected chi connectivity index (χ4v) is 5.25. The largest absolute Gasteiger partial charge is 0.353 e. The van der Waals surface area contributed by atoms with E-state index in [9.17, 15) is 17.2 Å². The van der Waals surface area contributed by atoms with Crippen molar-refractivity contribution >= 4 is 37.6 Å². The summed E-state index contributed by atoms with van der Waals surface area (Å²) in [5.74, 6) is -1.59. The standard InChI is InChI=1S/C21H18F2N4O2S/c22-17-6-5-14(13-18(17)23)30(28,29)27-10-7-16-20(27)15-3-1-2-4-19(15)25-21(16)26-11-8-24-9-12-26/h1-7,10,13,24H,8-9,11-12H2. The predicted octanol–water partition coefficient (Wildman–Crippen LogP) is 3.11. The number of para-hydroxylation sites is 1. The van der Waals surface area contributed by atoms with Crippen LogP contribution in [0.5, 0.6) is 0 Å². The zero-order chi connectivity index (χ0) is 20.9. The second-order valence-corrected chi connectivity index (χ2v) is 8.96. The summed E-state index contributed by atoms with van der Waals surface area (Å²) in [6, 6.07) is 11.6. The van der Waals surface area contributed by atoms with E-state index in [1.165, 1.54) is 6.20 Å². The third-order valence-corrected chi connectivity index (χ3v) is 7.01. The monoisotopic (exact) mass is 428 g/mol. The number of anilines is 1. The molecule has 0 amide bonds. The van der Waals surface area contributed by atoms with Crippen LogP contribution in [0.15, 0.2) is 59.6 Å². The van der Waals surface area contributed by atoms with Crippen molar-refractivity contribution in [2.75, 3.05) is 31.1 Å². The summed E-state index contributed by atoms with van der Waals surface area (Å²) in [6.45, 7) is 3.12. The van der Waals surface area contributed by atoms with Gasteiger partial charge in [-0.1, -0.05) is 18.2 Å². The van der Waals surface area contributed by atoms with Crippen LogP contribution in [0.25, 0.3) is 21.8 Å². The van der Waals surface area contributed by atoms with Gasteiger partial charge in [0.25, 0.3) is 10.0 Å². The van der Waals surface area contributed by atoms with Crippen LogP contribution >= 0.6 is 0 Å². The lowest BCUT2D eigenvalue weighted by molar-refractivity contribution is 0.504. The molecule has 5 rings (SSSR count). The molecular formula is C21H18F2N4O2S. The van der Waals surface area contributed by atoms with Crippen molar-refractivity contribution in [2.24, 2.45) is 0 Å². The van der Waals surface area contributed by atoms with Crippen LogP contribution in [-0.2, 0) is 10.0 Å². The number of fused-ring (bicyclic) bond motifs is 3. The summed E-state index contributed by atoms with van der Waals surface area (Å²) in [5.41, 5.74) is 1.14. The molecular weight excluding hydrogens is 410 g/mol. The van der Waals surface area contributed by atoms with E-state index in [-0.39, 0.29) is 4.90 Å². The Morgan fingerprint density at radius 1 is 0.933 bits per heavy atom. The van der Waals surface area contributed by atoms with E-state index >= 15 is 0 Å². The molecule has 0 saturated carbocycles. The van der Waals surface area contributed by atoms with Gasteiger partial charge in [0.1, 0.15) is 5.82 Å². The summed E-state index contributed by atoms with van der Waals surface area (Å²) in [7, 11) is -4.15. The highest BCUT2D eigenvalue weighted by atomic mass is 32.2. The van der Waals surface area contributed by atoms with Gasteiger partial charge >= 0.3 is 0 Å². The minimum absolute atomic E-state index is 0.316. The van der Waals surface area contributed by atoms with E-state index in [4.69, 9.17) is 4.98 Å². The molecule has 1 saturated heterocycles. The molecule has 6 nitrogen and oxygen atoms in total. The van der Waals surface area contributed by atoms with E-state index in [0.29, 0.717) is 33.7 Å². The van der Waals surface area contributed by atoms with Crippen LogP contribution in [0.3, 0.4) is 0 Å². The van der Waals surface area contributed by atoms with Crippen molar-refractivity contribution in [1.82, 2.24) is 14.3 Å². The summed E-state index contributed by atoms with van der Waals surface area (Å²) in [6.07, 6.45) is 1.45. The van der Waals surface area contributed by atoms with Crippen molar-refractivity contribution < 1.29 is 17.2 Å². The predicted molar refractivity (Wildman–Crippen MR) is 111 cm³/mol. The van der Waals surface area contributed by atoms with Crippen molar-refractivity contribution in [3.05, 3.63) is 66.4 Å². The number of halogens is 2. The summed E-state index contributed by atoms with van der Waals surface area (Å²) >= 11 is 0. The molecule has 0 unspecified atom stereocenters. The quantitative estimate of drug-likeness (QED) is 0.543. The van der Waals surface area contributed by atoms with E-state index in [2.05, 4.69) is 10.2 Å². The molecule has 1 aliphatic rings. The molecule has 2 aromatic carbocycles.